The predicted octanol–water partition coefficient (Wildman–Crippen LogP) is 14.5. The highest BCUT2D eigenvalue weighted by Gasteiger charge is 2.27. The van der Waals surface area contributed by atoms with Gasteiger partial charge in [-0.2, -0.15) is 0 Å². The van der Waals surface area contributed by atoms with Gasteiger partial charge in [-0.3, -0.25) is 18.6 Å². The summed E-state index contributed by atoms with van der Waals surface area (Å²) >= 11 is 0. The van der Waals surface area contributed by atoms with Crippen molar-refractivity contribution in [1.82, 2.24) is 0 Å². The lowest BCUT2D eigenvalue weighted by atomic mass is 10.0. The third-order valence-electron chi connectivity index (χ3n) is 10.5. The third-order valence-corrected chi connectivity index (χ3v) is 11.5. The van der Waals surface area contributed by atoms with Crippen LogP contribution in [0.15, 0.2) is 72.9 Å². The van der Waals surface area contributed by atoms with Crippen molar-refractivity contribution in [3.63, 3.8) is 0 Å². The van der Waals surface area contributed by atoms with Gasteiger partial charge in [0.25, 0.3) is 0 Å². The monoisotopic (exact) mass is 906 g/mol. The van der Waals surface area contributed by atoms with Crippen molar-refractivity contribution in [2.45, 2.75) is 219 Å². The highest BCUT2D eigenvalue weighted by molar-refractivity contribution is 7.47. The molecule has 10 nitrogen and oxygen atoms in total. The Morgan fingerprint density at radius 3 is 1.32 bits per heavy atom. The number of rotatable bonds is 47. The van der Waals surface area contributed by atoms with Gasteiger partial charge in [-0.1, -0.05) is 215 Å². The molecule has 0 aliphatic rings. The molecule has 0 heterocycles. The maximum absolute atomic E-state index is 12.7. The lowest BCUT2D eigenvalue weighted by molar-refractivity contribution is -0.154. The van der Waals surface area contributed by atoms with Gasteiger partial charge in [0.05, 0.1) is 19.8 Å². The van der Waals surface area contributed by atoms with Crippen LogP contribution < -0.4 is 5.73 Å². The second kappa shape index (κ2) is 47.4. The lowest BCUT2D eigenvalue weighted by Crippen LogP contribution is -2.34. The first-order chi connectivity index (χ1) is 30.7. The summed E-state index contributed by atoms with van der Waals surface area (Å²) in [6.45, 7) is 3.64. The van der Waals surface area contributed by atoms with Crippen LogP contribution >= 0.6 is 7.82 Å². The summed E-state index contributed by atoms with van der Waals surface area (Å²) in [6, 6.07) is -1.49. The molecule has 11 heteroatoms. The van der Waals surface area contributed by atoms with Gasteiger partial charge in [0.15, 0.2) is 0 Å². The first kappa shape index (κ1) is 60.4. The van der Waals surface area contributed by atoms with Crippen LogP contribution in [-0.2, 0) is 32.7 Å². The molecule has 63 heavy (non-hydrogen) atoms. The molecule has 0 bridgehead atoms. The number of hydrogen-bond acceptors (Lipinski definition) is 8. The van der Waals surface area contributed by atoms with E-state index < -0.39 is 45.1 Å². The molecule has 0 saturated carbocycles. The molecule has 0 aromatic rings. The number of esters is 1. The molecule has 364 valence electrons. The van der Waals surface area contributed by atoms with Gasteiger partial charge < -0.3 is 25.2 Å². The zero-order valence-corrected chi connectivity index (χ0v) is 40.8. The van der Waals surface area contributed by atoms with Crippen molar-refractivity contribution < 1.29 is 42.7 Å². The molecule has 0 saturated heterocycles. The highest BCUT2D eigenvalue weighted by Crippen LogP contribution is 2.43. The average Bonchev–Trinajstić information content (AvgIpc) is 3.26. The zero-order valence-electron chi connectivity index (χ0n) is 39.9. The van der Waals surface area contributed by atoms with Crippen molar-refractivity contribution in [2.75, 3.05) is 26.4 Å². The molecular formula is C52H92NO9P. The largest absolute Gasteiger partial charge is 0.480 e. The van der Waals surface area contributed by atoms with Crippen LogP contribution in [0, 0.1) is 0 Å². The molecule has 0 rings (SSSR count). The molecule has 0 spiro atoms. The number of ether oxygens (including phenoxy) is 2. The minimum atomic E-state index is -4.64. The highest BCUT2D eigenvalue weighted by atomic mass is 31.2. The van der Waals surface area contributed by atoms with Crippen LogP contribution in [0.5, 0.6) is 0 Å². The smallest absolute Gasteiger partial charge is 0.472 e. The molecule has 0 aromatic heterocycles. The second-order valence-electron chi connectivity index (χ2n) is 16.6. The van der Waals surface area contributed by atoms with Crippen LogP contribution in [0.1, 0.15) is 206 Å². The van der Waals surface area contributed by atoms with E-state index in [1.165, 1.54) is 109 Å². The quantitative estimate of drug-likeness (QED) is 0.0233. The van der Waals surface area contributed by atoms with E-state index >= 15 is 0 Å². The number of hydrogen-bond donors (Lipinski definition) is 3. The van der Waals surface area contributed by atoms with E-state index in [0.29, 0.717) is 13.0 Å². The first-order valence-electron chi connectivity index (χ1n) is 25.0. The fourth-order valence-corrected chi connectivity index (χ4v) is 7.46. The predicted molar refractivity (Wildman–Crippen MR) is 263 cm³/mol. The number of carbonyl (C=O) groups excluding carboxylic acids is 1. The number of carboxylic acid groups (broad SMARTS) is 1. The SMILES string of the molecule is CC/C=C\C/C=C\C/C=C\C/C=C\C/C=C\C/C=C\CCCOCC(COP(=O)(O)OCC(N)C(=O)O)OC(=O)CCCCCCCCCCCCCCCCCCCCCCC. The molecule has 0 aromatic carbocycles. The van der Waals surface area contributed by atoms with Gasteiger partial charge in [0.1, 0.15) is 12.1 Å². The number of unbranched alkanes of at least 4 members (excludes halogenated alkanes) is 21. The molecule has 4 N–H and O–H groups in total. The summed E-state index contributed by atoms with van der Waals surface area (Å²) in [5, 5.41) is 8.92. The van der Waals surface area contributed by atoms with E-state index in [-0.39, 0.29) is 13.0 Å². The Kier molecular flexibility index (Phi) is 45.4. The van der Waals surface area contributed by atoms with Crippen molar-refractivity contribution >= 4 is 19.8 Å². The molecule has 0 fully saturated rings. The zero-order chi connectivity index (χ0) is 46.2. The number of phosphoric acid groups is 1. The molecule has 0 aliphatic heterocycles. The Morgan fingerprint density at radius 1 is 0.524 bits per heavy atom. The van der Waals surface area contributed by atoms with Gasteiger partial charge in [-0.25, -0.2) is 4.57 Å². The molecular weight excluding hydrogens is 814 g/mol. The standard InChI is InChI=1S/C52H92NO9P/c1-3-5-7-9-11-13-15-17-19-21-23-25-26-28-30-32-34-36-38-40-42-44-51(54)62-49(47-60-63(57,58)61-48-50(53)52(55)56)46-59-45-43-41-39-37-35-33-31-29-27-24-22-20-18-16-14-12-10-8-6-4-2/h6,8,12,14,18,20,24,27,31,33,37,39,49-50H,3-5,7,9-11,13,15-17,19,21-23,25-26,28-30,32,34-36,38,40-48,53H2,1-2H3,(H,55,56)(H,57,58)/b8-6-,14-12-,20-18-,27-24-,33-31-,39-37-. The van der Waals surface area contributed by atoms with Gasteiger partial charge in [-0.15, -0.1) is 0 Å². The summed E-state index contributed by atoms with van der Waals surface area (Å²) in [6.07, 6.45) is 59.7. The van der Waals surface area contributed by atoms with Crippen molar-refractivity contribution in [1.29, 1.82) is 0 Å². The minimum absolute atomic E-state index is 0.0244. The molecule has 3 atom stereocenters. The fourth-order valence-electron chi connectivity index (χ4n) is 6.68. The number of nitrogens with two attached hydrogens (primary N) is 1. The van der Waals surface area contributed by atoms with Gasteiger partial charge in [-0.05, 0) is 57.8 Å². The van der Waals surface area contributed by atoms with Crippen LogP contribution in [0.4, 0.5) is 0 Å². The Labute approximate surface area is 384 Å². The van der Waals surface area contributed by atoms with E-state index in [0.717, 1.165) is 70.6 Å². The lowest BCUT2D eigenvalue weighted by Gasteiger charge is -2.20. The summed E-state index contributed by atoms with van der Waals surface area (Å²) in [7, 11) is -4.64. The Hall–Kier alpha value is -2.59. The molecule has 3 unspecified atom stereocenters. The van der Waals surface area contributed by atoms with E-state index in [1.54, 1.807) is 0 Å². The summed E-state index contributed by atoms with van der Waals surface area (Å²) < 4.78 is 33.4. The van der Waals surface area contributed by atoms with Crippen molar-refractivity contribution in [3.05, 3.63) is 72.9 Å². The maximum Gasteiger partial charge on any atom is 0.472 e. The fraction of sp³-hybridized carbons (Fsp3) is 0.731. The van der Waals surface area contributed by atoms with E-state index in [4.69, 9.17) is 29.4 Å². The first-order valence-corrected chi connectivity index (χ1v) is 26.5. The number of carbonyl (C=O) groups is 2. The number of allylic oxidation sites excluding steroid dienone is 12. The number of aliphatic carboxylic acids is 1. The number of phosphoric ester groups is 1. The minimum Gasteiger partial charge on any atom is -0.480 e. The van der Waals surface area contributed by atoms with Gasteiger partial charge in [0.2, 0.25) is 0 Å². The van der Waals surface area contributed by atoms with Crippen molar-refractivity contribution in [2.24, 2.45) is 5.73 Å². The van der Waals surface area contributed by atoms with Crippen molar-refractivity contribution in [3.8, 4) is 0 Å². The van der Waals surface area contributed by atoms with Crippen LogP contribution in [0.2, 0.25) is 0 Å². The second-order valence-corrected chi connectivity index (χ2v) is 18.0. The maximum atomic E-state index is 12.7. The summed E-state index contributed by atoms with van der Waals surface area (Å²) in [4.78, 5) is 33.7. The average molecular weight is 906 g/mol. The normalized spacial score (nSPS) is 14.3. The topological polar surface area (TPSA) is 155 Å². The number of carboxylic acids is 1. The Bertz CT molecular complexity index is 1280. The summed E-state index contributed by atoms with van der Waals surface area (Å²) in [5.74, 6) is -1.80. The van der Waals surface area contributed by atoms with E-state index in [2.05, 4.69) is 86.8 Å². The molecule has 0 aliphatic carbocycles. The van der Waals surface area contributed by atoms with Gasteiger partial charge in [0, 0.05) is 13.0 Å². The van der Waals surface area contributed by atoms with Crippen LogP contribution in [-0.4, -0.2) is 60.5 Å². The Balaban J connectivity index is 4.24. The Morgan fingerprint density at radius 2 is 0.905 bits per heavy atom. The molecule has 0 radical (unpaired) electrons. The summed E-state index contributed by atoms with van der Waals surface area (Å²) in [5.41, 5.74) is 5.37. The van der Waals surface area contributed by atoms with Crippen LogP contribution in [0.3, 0.4) is 0 Å². The van der Waals surface area contributed by atoms with E-state index in [9.17, 15) is 19.0 Å². The van der Waals surface area contributed by atoms with Gasteiger partial charge >= 0.3 is 19.8 Å². The molecule has 0 amide bonds. The van der Waals surface area contributed by atoms with Crippen LogP contribution in [0.25, 0.3) is 0 Å². The van der Waals surface area contributed by atoms with E-state index in [1.807, 2.05) is 0 Å². The third kappa shape index (κ3) is 47.2.